The summed E-state index contributed by atoms with van der Waals surface area (Å²) in [5, 5.41) is 12.3. The summed E-state index contributed by atoms with van der Waals surface area (Å²) in [6.45, 7) is 0.373. The van der Waals surface area contributed by atoms with Crippen molar-refractivity contribution in [1.29, 1.82) is 0 Å². The second-order valence-corrected chi connectivity index (χ2v) is 6.66. The molecular weight excluding hydrogens is 382 g/mol. The number of aromatic carboxylic acids is 1. The summed E-state index contributed by atoms with van der Waals surface area (Å²) in [7, 11) is 0. The molecule has 0 N–H and O–H groups in total. The smallest absolute Gasteiger partial charge is 0.153 e. The molecule has 1 aromatic heterocycles. The number of nitrogens with zero attached hydrogens (tertiary/aromatic N) is 1. The van der Waals surface area contributed by atoms with Crippen molar-refractivity contribution in [1.82, 2.24) is 4.73 Å². The van der Waals surface area contributed by atoms with E-state index in [0.29, 0.717) is 16.8 Å². The van der Waals surface area contributed by atoms with Crippen LogP contribution in [-0.2, 0) is 13.2 Å². The van der Waals surface area contributed by atoms with E-state index in [9.17, 15) is 14.7 Å². The fourth-order valence-electron chi connectivity index (χ4n) is 3.25. The number of carbonyl (C=O) groups excluding carboxylic acids is 2. The van der Waals surface area contributed by atoms with E-state index in [1.165, 1.54) is 10.8 Å². The Morgan fingerprint density at radius 2 is 1.57 bits per heavy atom. The van der Waals surface area contributed by atoms with Crippen molar-refractivity contribution in [2.75, 3.05) is 0 Å². The number of fused-ring (bicyclic) bond motifs is 1. The SMILES string of the molecule is O=Cc1ccccc1OCc1ccccc1COn1c(C(=O)[O-])cc2ccccc21. The molecule has 0 atom stereocenters. The molecule has 4 aromatic rings. The van der Waals surface area contributed by atoms with Gasteiger partial charge in [0.05, 0.1) is 17.0 Å². The van der Waals surface area contributed by atoms with Gasteiger partial charge in [0.25, 0.3) is 0 Å². The molecule has 0 unspecified atom stereocenters. The van der Waals surface area contributed by atoms with E-state index in [-0.39, 0.29) is 18.9 Å². The Hall–Kier alpha value is -4.06. The first-order valence-corrected chi connectivity index (χ1v) is 9.36. The summed E-state index contributed by atoms with van der Waals surface area (Å²) >= 11 is 0. The molecule has 0 bridgehead atoms. The van der Waals surface area contributed by atoms with Gasteiger partial charge in [0.2, 0.25) is 0 Å². The normalized spacial score (nSPS) is 10.7. The average molecular weight is 400 g/mol. The van der Waals surface area contributed by atoms with E-state index >= 15 is 0 Å². The van der Waals surface area contributed by atoms with Crippen molar-refractivity contribution in [3.8, 4) is 5.75 Å². The Labute approximate surface area is 172 Å². The van der Waals surface area contributed by atoms with Crippen LogP contribution >= 0.6 is 0 Å². The van der Waals surface area contributed by atoms with E-state index in [0.717, 1.165) is 22.8 Å². The van der Waals surface area contributed by atoms with Crippen molar-refractivity contribution in [3.63, 3.8) is 0 Å². The van der Waals surface area contributed by atoms with Crippen LogP contribution in [0, 0.1) is 0 Å². The number of carbonyl (C=O) groups is 2. The molecule has 3 aromatic carbocycles. The number of rotatable bonds is 8. The first-order chi connectivity index (χ1) is 14.7. The largest absolute Gasteiger partial charge is 0.543 e. The number of hydrogen-bond acceptors (Lipinski definition) is 5. The second kappa shape index (κ2) is 8.53. The van der Waals surface area contributed by atoms with Crippen molar-refractivity contribution in [3.05, 3.63) is 101 Å². The third-order valence-corrected chi connectivity index (χ3v) is 4.77. The van der Waals surface area contributed by atoms with Gasteiger partial charge in [-0.15, -0.1) is 0 Å². The van der Waals surface area contributed by atoms with Crippen LogP contribution in [0.1, 0.15) is 32.0 Å². The Morgan fingerprint density at radius 3 is 2.33 bits per heavy atom. The molecule has 1 heterocycles. The molecule has 0 spiro atoms. The van der Waals surface area contributed by atoms with Gasteiger partial charge in [-0.3, -0.25) is 4.79 Å². The van der Waals surface area contributed by atoms with Crippen molar-refractivity contribution in [2.24, 2.45) is 0 Å². The van der Waals surface area contributed by atoms with Gasteiger partial charge in [0.15, 0.2) is 6.29 Å². The molecule has 0 radical (unpaired) electrons. The van der Waals surface area contributed by atoms with Crippen LogP contribution in [0.5, 0.6) is 5.75 Å². The maximum absolute atomic E-state index is 11.5. The highest BCUT2D eigenvalue weighted by Crippen LogP contribution is 2.21. The van der Waals surface area contributed by atoms with E-state index in [2.05, 4.69) is 0 Å². The average Bonchev–Trinajstić information content (AvgIpc) is 3.16. The predicted octanol–water partition coefficient (Wildman–Crippen LogP) is 3.03. The molecule has 0 fully saturated rings. The lowest BCUT2D eigenvalue weighted by atomic mass is 10.1. The molecule has 6 nitrogen and oxygen atoms in total. The Balaban J connectivity index is 1.56. The predicted molar refractivity (Wildman–Crippen MR) is 109 cm³/mol. The summed E-state index contributed by atoms with van der Waals surface area (Å²) in [5.41, 5.74) is 2.77. The monoisotopic (exact) mass is 400 g/mol. The molecule has 0 aliphatic carbocycles. The van der Waals surface area contributed by atoms with Gasteiger partial charge in [-0.05, 0) is 35.4 Å². The van der Waals surface area contributed by atoms with Crippen LogP contribution < -0.4 is 14.7 Å². The van der Waals surface area contributed by atoms with Crippen molar-refractivity contribution < 1.29 is 24.3 Å². The summed E-state index contributed by atoms with van der Waals surface area (Å²) in [6, 6.07) is 23.3. The lowest BCUT2D eigenvalue weighted by Crippen LogP contribution is -2.28. The summed E-state index contributed by atoms with van der Waals surface area (Å²) in [5.74, 6) is -0.813. The maximum Gasteiger partial charge on any atom is 0.153 e. The van der Waals surface area contributed by atoms with E-state index < -0.39 is 5.97 Å². The van der Waals surface area contributed by atoms with Gasteiger partial charge >= 0.3 is 0 Å². The van der Waals surface area contributed by atoms with Crippen LogP contribution in [0.3, 0.4) is 0 Å². The van der Waals surface area contributed by atoms with Crippen molar-refractivity contribution >= 4 is 23.2 Å². The number of carboxylic acids is 1. The summed E-state index contributed by atoms with van der Waals surface area (Å²) in [6.07, 6.45) is 0.753. The third-order valence-electron chi connectivity index (χ3n) is 4.77. The van der Waals surface area contributed by atoms with E-state index in [1.807, 2.05) is 42.5 Å². The molecule has 0 aliphatic rings. The molecule has 0 saturated heterocycles. The summed E-state index contributed by atoms with van der Waals surface area (Å²) < 4.78 is 7.11. The number of carboxylic acid groups (broad SMARTS) is 1. The lowest BCUT2D eigenvalue weighted by Gasteiger charge is -2.16. The molecule has 0 saturated carbocycles. The molecule has 0 amide bonds. The fourth-order valence-corrected chi connectivity index (χ4v) is 3.25. The highest BCUT2D eigenvalue weighted by atomic mass is 16.7. The molecular formula is C24H18NO5-. The number of ether oxygens (including phenoxy) is 1. The standard InChI is InChI=1S/C24H19NO5/c26-14-18-8-4-6-12-23(18)29-15-19-9-1-2-10-20(19)16-30-25-21-11-5-3-7-17(21)13-22(25)24(27)28/h1-14H,15-16H2,(H,27,28)/p-1. The van der Waals surface area contributed by atoms with Crippen LogP contribution in [0.25, 0.3) is 10.9 Å². The Bertz CT molecular complexity index is 1210. The van der Waals surface area contributed by atoms with Gasteiger partial charge in [0.1, 0.15) is 24.7 Å². The maximum atomic E-state index is 11.5. The number of hydrogen-bond donors (Lipinski definition) is 0. The first-order valence-electron chi connectivity index (χ1n) is 9.36. The Kier molecular flexibility index (Phi) is 5.48. The third kappa shape index (κ3) is 3.89. The van der Waals surface area contributed by atoms with Gasteiger partial charge in [-0.1, -0.05) is 54.6 Å². The molecule has 4 rings (SSSR count). The van der Waals surface area contributed by atoms with Gasteiger partial charge in [-0.25, -0.2) is 0 Å². The topological polar surface area (TPSA) is 80.6 Å². The highest BCUT2D eigenvalue weighted by Gasteiger charge is 2.12. The molecule has 30 heavy (non-hydrogen) atoms. The molecule has 150 valence electrons. The minimum absolute atomic E-state index is 0.0511. The van der Waals surface area contributed by atoms with Gasteiger partial charge in [0, 0.05) is 5.39 Å². The second-order valence-electron chi connectivity index (χ2n) is 6.66. The highest BCUT2D eigenvalue weighted by molar-refractivity contribution is 5.93. The quantitative estimate of drug-likeness (QED) is 0.425. The van der Waals surface area contributed by atoms with Crippen LogP contribution in [0.15, 0.2) is 78.9 Å². The van der Waals surface area contributed by atoms with Crippen LogP contribution in [0.4, 0.5) is 0 Å². The van der Waals surface area contributed by atoms with Gasteiger partial charge in [-0.2, -0.15) is 4.73 Å². The fraction of sp³-hybridized carbons (Fsp3) is 0.0833. The Morgan fingerprint density at radius 1 is 0.900 bits per heavy atom. The lowest BCUT2D eigenvalue weighted by molar-refractivity contribution is -0.256. The molecule has 0 aliphatic heterocycles. The van der Waals surface area contributed by atoms with Gasteiger partial charge < -0.3 is 19.5 Å². The number of para-hydroxylation sites is 2. The number of aldehydes is 1. The van der Waals surface area contributed by atoms with E-state index in [4.69, 9.17) is 9.57 Å². The van der Waals surface area contributed by atoms with Crippen LogP contribution in [0.2, 0.25) is 0 Å². The first kappa shape index (κ1) is 19.3. The minimum Gasteiger partial charge on any atom is -0.543 e. The summed E-state index contributed by atoms with van der Waals surface area (Å²) in [4.78, 5) is 28.6. The zero-order valence-electron chi connectivity index (χ0n) is 16.0. The van der Waals surface area contributed by atoms with Crippen molar-refractivity contribution in [2.45, 2.75) is 13.2 Å². The zero-order valence-corrected chi connectivity index (χ0v) is 16.0. The van der Waals surface area contributed by atoms with Crippen LogP contribution in [-0.4, -0.2) is 17.0 Å². The van der Waals surface area contributed by atoms with E-state index in [1.54, 1.807) is 30.3 Å². The number of aromatic nitrogens is 1. The molecule has 6 heteroatoms. The number of benzene rings is 3. The zero-order chi connectivity index (χ0) is 20.9. The minimum atomic E-state index is -1.31.